The fourth-order valence-corrected chi connectivity index (χ4v) is 2.10. The number of hydrazine groups is 1. The van der Waals surface area contributed by atoms with Crippen LogP contribution < -0.4 is 20.9 Å². The second-order valence-electron chi connectivity index (χ2n) is 5.03. The lowest BCUT2D eigenvalue weighted by Crippen LogP contribution is -2.36. The highest BCUT2D eigenvalue weighted by atomic mass is 16.5. The van der Waals surface area contributed by atoms with Crippen molar-refractivity contribution in [2.24, 2.45) is 5.84 Å². The van der Waals surface area contributed by atoms with Crippen molar-refractivity contribution in [3.05, 3.63) is 23.8 Å². The highest BCUT2D eigenvalue weighted by molar-refractivity contribution is 5.56. The van der Waals surface area contributed by atoms with Crippen LogP contribution in [0, 0.1) is 0 Å². The predicted molar refractivity (Wildman–Crippen MR) is 84.6 cm³/mol. The Bertz CT molecular complexity index is 485. The number of anilines is 2. The van der Waals surface area contributed by atoms with Crippen molar-refractivity contribution in [2.75, 3.05) is 43.2 Å². The van der Waals surface area contributed by atoms with Gasteiger partial charge < -0.3 is 19.8 Å². The normalized spacial score (nSPS) is 16.0. The molecule has 0 aromatic carbocycles. The van der Waals surface area contributed by atoms with Gasteiger partial charge >= 0.3 is 0 Å². The third kappa shape index (κ3) is 4.61. The second-order valence-corrected chi connectivity index (χ2v) is 5.03. The van der Waals surface area contributed by atoms with E-state index in [1.165, 1.54) is 5.57 Å². The van der Waals surface area contributed by atoms with Gasteiger partial charge in [-0.15, -0.1) is 0 Å². The largest absolute Gasteiger partial charge is 0.477 e. The van der Waals surface area contributed by atoms with Gasteiger partial charge in [-0.25, -0.2) is 5.84 Å². The van der Waals surface area contributed by atoms with Crippen LogP contribution in [0.3, 0.4) is 0 Å². The summed E-state index contributed by atoms with van der Waals surface area (Å²) >= 11 is 0. The van der Waals surface area contributed by atoms with E-state index < -0.39 is 0 Å². The number of pyridine rings is 1. The van der Waals surface area contributed by atoms with Crippen molar-refractivity contribution < 1.29 is 9.47 Å². The molecule has 0 atom stereocenters. The van der Waals surface area contributed by atoms with Crippen molar-refractivity contribution in [1.82, 2.24) is 4.98 Å². The van der Waals surface area contributed by atoms with Crippen molar-refractivity contribution in [2.45, 2.75) is 20.3 Å². The molecule has 0 spiro atoms. The summed E-state index contributed by atoms with van der Waals surface area (Å²) in [6, 6.07) is 3.88. The van der Waals surface area contributed by atoms with Crippen LogP contribution in [0.2, 0.25) is 0 Å². The first-order valence-electron chi connectivity index (χ1n) is 7.29. The van der Waals surface area contributed by atoms with Gasteiger partial charge in [0, 0.05) is 37.3 Å². The zero-order valence-electron chi connectivity index (χ0n) is 12.8. The lowest BCUT2D eigenvalue weighted by Gasteiger charge is -2.29. The SMILES string of the molecule is C/C=C(\C)CCOc1cc(N2CCOCC2)cc(NN)n1. The summed E-state index contributed by atoms with van der Waals surface area (Å²) in [7, 11) is 0. The van der Waals surface area contributed by atoms with Gasteiger partial charge in [0.2, 0.25) is 5.88 Å². The number of nitrogens with zero attached hydrogens (tertiary/aromatic N) is 2. The fourth-order valence-electron chi connectivity index (χ4n) is 2.10. The monoisotopic (exact) mass is 292 g/mol. The molecule has 2 rings (SSSR count). The van der Waals surface area contributed by atoms with Gasteiger partial charge in [0.25, 0.3) is 0 Å². The van der Waals surface area contributed by atoms with Crippen molar-refractivity contribution in [1.29, 1.82) is 0 Å². The molecular formula is C15H24N4O2. The molecule has 3 N–H and O–H groups in total. The molecule has 0 bridgehead atoms. The van der Waals surface area contributed by atoms with Gasteiger partial charge in [-0.2, -0.15) is 4.98 Å². The quantitative estimate of drug-likeness (QED) is 0.474. The van der Waals surface area contributed by atoms with Gasteiger partial charge in [0.05, 0.1) is 19.8 Å². The summed E-state index contributed by atoms with van der Waals surface area (Å²) in [5.41, 5.74) is 4.95. The number of nitrogen functional groups attached to an aromatic ring is 1. The molecule has 116 valence electrons. The standard InChI is InChI=1S/C15H24N4O2/c1-3-12(2)4-7-21-15-11-13(10-14(17-15)18-16)19-5-8-20-9-6-19/h3,10-11H,4-9,16H2,1-2H3,(H,17,18)/b12-3+. The van der Waals surface area contributed by atoms with E-state index in [9.17, 15) is 0 Å². The molecule has 0 amide bonds. The lowest BCUT2D eigenvalue weighted by molar-refractivity contribution is 0.122. The number of allylic oxidation sites excluding steroid dienone is 1. The van der Waals surface area contributed by atoms with Crippen molar-refractivity contribution >= 4 is 11.5 Å². The summed E-state index contributed by atoms with van der Waals surface area (Å²) in [6.07, 6.45) is 2.99. The zero-order chi connectivity index (χ0) is 15.1. The van der Waals surface area contributed by atoms with Crippen LogP contribution in [-0.4, -0.2) is 37.9 Å². The van der Waals surface area contributed by atoms with E-state index in [1.807, 2.05) is 19.1 Å². The van der Waals surface area contributed by atoms with Crippen LogP contribution in [0.25, 0.3) is 0 Å². The highest BCUT2D eigenvalue weighted by Gasteiger charge is 2.13. The smallest absolute Gasteiger partial charge is 0.217 e. The molecule has 0 radical (unpaired) electrons. The maximum Gasteiger partial charge on any atom is 0.217 e. The van der Waals surface area contributed by atoms with Crippen LogP contribution in [0.15, 0.2) is 23.8 Å². The van der Waals surface area contributed by atoms with Crippen LogP contribution >= 0.6 is 0 Å². The van der Waals surface area contributed by atoms with Crippen LogP contribution in [-0.2, 0) is 4.74 Å². The minimum absolute atomic E-state index is 0.593. The van der Waals surface area contributed by atoms with Gasteiger partial charge in [0.15, 0.2) is 0 Å². The molecule has 1 aliphatic rings. The number of rotatable bonds is 6. The molecule has 21 heavy (non-hydrogen) atoms. The Morgan fingerprint density at radius 3 is 2.90 bits per heavy atom. The summed E-state index contributed by atoms with van der Waals surface area (Å²) in [5.74, 6) is 6.70. The molecule has 0 aliphatic carbocycles. The third-order valence-corrected chi connectivity index (χ3v) is 3.55. The van der Waals surface area contributed by atoms with Crippen LogP contribution in [0.4, 0.5) is 11.5 Å². The van der Waals surface area contributed by atoms with Crippen molar-refractivity contribution in [3.63, 3.8) is 0 Å². The van der Waals surface area contributed by atoms with E-state index in [4.69, 9.17) is 15.3 Å². The second kappa shape index (κ2) is 7.85. The Balaban J connectivity index is 2.05. The lowest BCUT2D eigenvalue weighted by atomic mass is 10.2. The maximum absolute atomic E-state index is 5.75. The molecule has 1 saturated heterocycles. The molecule has 1 aromatic heterocycles. The Hall–Kier alpha value is -1.79. The topological polar surface area (TPSA) is 72.6 Å². The van der Waals surface area contributed by atoms with Crippen LogP contribution in [0.5, 0.6) is 5.88 Å². The summed E-state index contributed by atoms with van der Waals surface area (Å²) < 4.78 is 11.1. The Labute approximate surface area is 125 Å². The zero-order valence-corrected chi connectivity index (χ0v) is 12.8. The Morgan fingerprint density at radius 1 is 1.48 bits per heavy atom. The molecule has 0 saturated carbocycles. The molecule has 6 heteroatoms. The summed E-state index contributed by atoms with van der Waals surface area (Å²) in [6.45, 7) is 7.95. The first-order chi connectivity index (χ1) is 10.2. The number of morpholine rings is 1. The van der Waals surface area contributed by atoms with E-state index in [1.54, 1.807) is 0 Å². The third-order valence-electron chi connectivity index (χ3n) is 3.55. The Kier molecular flexibility index (Phi) is 5.83. The van der Waals surface area contributed by atoms with Gasteiger partial charge in [-0.1, -0.05) is 11.6 Å². The fraction of sp³-hybridized carbons (Fsp3) is 0.533. The number of hydrogen-bond acceptors (Lipinski definition) is 6. The van der Waals surface area contributed by atoms with E-state index in [2.05, 4.69) is 28.3 Å². The minimum Gasteiger partial charge on any atom is -0.477 e. The highest BCUT2D eigenvalue weighted by Crippen LogP contribution is 2.24. The Morgan fingerprint density at radius 2 is 2.24 bits per heavy atom. The van der Waals surface area contributed by atoms with E-state index >= 15 is 0 Å². The average Bonchev–Trinajstić information content (AvgIpc) is 2.55. The maximum atomic E-state index is 5.75. The number of nitrogens with two attached hydrogens (primary N) is 1. The van der Waals surface area contributed by atoms with E-state index in [0.717, 1.165) is 38.4 Å². The van der Waals surface area contributed by atoms with Gasteiger partial charge in [0.1, 0.15) is 5.82 Å². The average molecular weight is 292 g/mol. The van der Waals surface area contributed by atoms with E-state index in [0.29, 0.717) is 18.3 Å². The van der Waals surface area contributed by atoms with Crippen molar-refractivity contribution in [3.8, 4) is 5.88 Å². The summed E-state index contributed by atoms with van der Waals surface area (Å²) in [5, 5.41) is 0. The first kappa shape index (κ1) is 15.6. The van der Waals surface area contributed by atoms with Gasteiger partial charge in [-0.05, 0) is 13.8 Å². The van der Waals surface area contributed by atoms with Gasteiger partial charge in [-0.3, -0.25) is 0 Å². The molecule has 0 unspecified atom stereocenters. The molecule has 1 aliphatic heterocycles. The molecule has 1 fully saturated rings. The van der Waals surface area contributed by atoms with Crippen LogP contribution in [0.1, 0.15) is 20.3 Å². The predicted octanol–water partition coefficient (Wildman–Crippen LogP) is 1.94. The summed E-state index contributed by atoms with van der Waals surface area (Å²) in [4.78, 5) is 6.58. The molecule has 2 heterocycles. The molecule has 6 nitrogen and oxygen atoms in total. The first-order valence-corrected chi connectivity index (χ1v) is 7.29. The number of ether oxygens (including phenoxy) is 2. The minimum atomic E-state index is 0.593. The number of aromatic nitrogens is 1. The molecule has 1 aromatic rings. The number of hydrogen-bond donors (Lipinski definition) is 2. The van der Waals surface area contributed by atoms with E-state index in [-0.39, 0.29) is 0 Å². The molecular weight excluding hydrogens is 268 g/mol. The number of nitrogens with one attached hydrogen (secondary N) is 1.